The Bertz CT molecular complexity index is 534. The van der Waals surface area contributed by atoms with Gasteiger partial charge in [0.05, 0.1) is 12.0 Å². The molecule has 2 aromatic rings. The molecule has 1 heterocycles. The summed E-state index contributed by atoms with van der Waals surface area (Å²) in [5.41, 5.74) is 1.38. The molecule has 1 unspecified atom stereocenters. The molecule has 0 bridgehead atoms. The zero-order valence-electron chi connectivity index (χ0n) is 9.17. The summed E-state index contributed by atoms with van der Waals surface area (Å²) in [7, 11) is 0. The molecule has 4 nitrogen and oxygen atoms in total. The van der Waals surface area contributed by atoms with Crippen LogP contribution in [0.1, 0.15) is 13.0 Å². The lowest BCUT2D eigenvalue weighted by Crippen LogP contribution is -2.13. The molecule has 0 amide bonds. The highest BCUT2D eigenvalue weighted by molar-refractivity contribution is 5.71. The lowest BCUT2D eigenvalue weighted by Gasteiger charge is -2.05. The highest BCUT2D eigenvalue weighted by Crippen LogP contribution is 2.19. The summed E-state index contributed by atoms with van der Waals surface area (Å²) in [5.74, 6) is -1.24. The molecule has 0 saturated carbocycles. The zero-order chi connectivity index (χ0) is 12.4. The van der Waals surface area contributed by atoms with E-state index >= 15 is 0 Å². The van der Waals surface area contributed by atoms with Crippen molar-refractivity contribution in [2.45, 2.75) is 13.0 Å². The quantitative estimate of drug-likeness (QED) is 0.886. The van der Waals surface area contributed by atoms with Crippen LogP contribution in [0.2, 0.25) is 0 Å². The van der Waals surface area contributed by atoms with Crippen LogP contribution >= 0.6 is 0 Å². The van der Waals surface area contributed by atoms with Gasteiger partial charge in [-0.05, 0) is 31.2 Å². The minimum atomic E-state index is -0.923. The molecule has 0 saturated heterocycles. The molecule has 1 atom stereocenters. The maximum atomic E-state index is 12.7. The summed E-state index contributed by atoms with van der Waals surface area (Å²) in [4.78, 5) is 14.9. The van der Waals surface area contributed by atoms with Gasteiger partial charge in [-0.15, -0.1) is 0 Å². The summed E-state index contributed by atoms with van der Waals surface area (Å²) in [6, 6.07) is 5.22. The summed E-state index contributed by atoms with van der Waals surface area (Å²) in [6.45, 7) is 1.57. The molecule has 88 valence electrons. The van der Waals surface area contributed by atoms with E-state index in [2.05, 4.69) is 4.98 Å². The van der Waals surface area contributed by atoms with Crippen molar-refractivity contribution in [2.75, 3.05) is 0 Å². The van der Waals surface area contributed by atoms with Crippen molar-refractivity contribution in [3.05, 3.63) is 42.6 Å². The number of benzene rings is 1. The van der Waals surface area contributed by atoms with Crippen LogP contribution in [0.5, 0.6) is 0 Å². The molecule has 1 aromatic heterocycles. The predicted molar refractivity (Wildman–Crippen MR) is 60.0 cm³/mol. The fourth-order valence-electron chi connectivity index (χ4n) is 1.45. The molecular weight excluding hydrogens is 223 g/mol. The van der Waals surface area contributed by atoms with Crippen molar-refractivity contribution in [2.24, 2.45) is 0 Å². The van der Waals surface area contributed by atoms with Gasteiger partial charge in [-0.3, -0.25) is 0 Å². The Morgan fingerprint density at radius 1 is 1.41 bits per heavy atom. The molecule has 1 N–H and O–H groups in total. The van der Waals surface area contributed by atoms with Crippen LogP contribution in [0.15, 0.2) is 36.8 Å². The maximum absolute atomic E-state index is 12.7. The van der Waals surface area contributed by atoms with Gasteiger partial charge in [-0.25, -0.2) is 14.2 Å². The first-order valence-corrected chi connectivity index (χ1v) is 5.10. The second-order valence-corrected chi connectivity index (χ2v) is 3.73. The van der Waals surface area contributed by atoms with E-state index in [1.807, 2.05) is 0 Å². The highest BCUT2D eigenvalue weighted by atomic mass is 19.1. The zero-order valence-corrected chi connectivity index (χ0v) is 9.17. The Morgan fingerprint density at radius 3 is 2.65 bits per heavy atom. The first kappa shape index (κ1) is 11.3. The Balaban J connectivity index is 2.29. The number of carboxylic acid groups (broad SMARTS) is 1. The summed E-state index contributed by atoms with van der Waals surface area (Å²) in [6.07, 6.45) is 3.09. The van der Waals surface area contributed by atoms with E-state index in [4.69, 9.17) is 5.11 Å². The van der Waals surface area contributed by atoms with E-state index in [0.29, 0.717) is 5.69 Å². The summed E-state index contributed by atoms with van der Waals surface area (Å²) >= 11 is 0. The third kappa shape index (κ3) is 2.33. The molecule has 1 aromatic carbocycles. The molecule has 5 heteroatoms. The van der Waals surface area contributed by atoms with E-state index in [9.17, 15) is 9.18 Å². The molecule has 0 aliphatic rings. The van der Waals surface area contributed by atoms with Crippen molar-refractivity contribution in [1.82, 2.24) is 9.55 Å². The number of nitrogens with zero attached hydrogens (tertiary/aromatic N) is 2. The van der Waals surface area contributed by atoms with Gasteiger partial charge in [0, 0.05) is 11.8 Å². The maximum Gasteiger partial charge on any atom is 0.326 e. The minimum Gasteiger partial charge on any atom is -0.480 e. The number of imidazole rings is 1. The van der Waals surface area contributed by atoms with Gasteiger partial charge in [0.15, 0.2) is 0 Å². The molecule has 17 heavy (non-hydrogen) atoms. The molecule has 0 radical (unpaired) electrons. The number of carboxylic acids is 1. The largest absolute Gasteiger partial charge is 0.480 e. The Labute approximate surface area is 97.3 Å². The van der Waals surface area contributed by atoms with Crippen molar-refractivity contribution in [3.63, 3.8) is 0 Å². The average molecular weight is 234 g/mol. The van der Waals surface area contributed by atoms with E-state index in [0.717, 1.165) is 5.56 Å². The first-order chi connectivity index (χ1) is 8.08. The predicted octanol–water partition coefficient (Wildman–Crippen LogP) is 2.33. The van der Waals surface area contributed by atoms with E-state index in [1.54, 1.807) is 25.3 Å². The van der Waals surface area contributed by atoms with Gasteiger partial charge >= 0.3 is 5.97 Å². The van der Waals surface area contributed by atoms with Crippen LogP contribution in [0.3, 0.4) is 0 Å². The van der Waals surface area contributed by atoms with Crippen LogP contribution in [-0.2, 0) is 4.79 Å². The monoisotopic (exact) mass is 234 g/mol. The van der Waals surface area contributed by atoms with Crippen molar-refractivity contribution >= 4 is 5.97 Å². The van der Waals surface area contributed by atoms with Crippen molar-refractivity contribution < 1.29 is 14.3 Å². The second kappa shape index (κ2) is 4.37. The summed E-state index contributed by atoms with van der Waals surface area (Å²) < 4.78 is 14.2. The Morgan fingerprint density at radius 2 is 2.06 bits per heavy atom. The molecule has 0 aliphatic carbocycles. The minimum absolute atomic E-state index is 0.313. The third-order valence-corrected chi connectivity index (χ3v) is 2.55. The molecule has 2 rings (SSSR count). The number of carbonyl (C=O) groups is 1. The van der Waals surface area contributed by atoms with E-state index in [-0.39, 0.29) is 5.82 Å². The lowest BCUT2D eigenvalue weighted by molar-refractivity contribution is -0.140. The normalized spacial score (nSPS) is 12.4. The van der Waals surface area contributed by atoms with Crippen LogP contribution in [0.25, 0.3) is 11.3 Å². The van der Waals surface area contributed by atoms with Crippen molar-refractivity contribution in [1.29, 1.82) is 0 Å². The molecule has 0 spiro atoms. The average Bonchev–Trinajstić information content (AvgIpc) is 2.78. The van der Waals surface area contributed by atoms with Crippen LogP contribution in [0, 0.1) is 5.82 Å². The number of halogens is 1. The smallest absolute Gasteiger partial charge is 0.326 e. The number of aromatic nitrogens is 2. The van der Waals surface area contributed by atoms with Crippen LogP contribution in [-0.4, -0.2) is 20.6 Å². The van der Waals surface area contributed by atoms with Gasteiger partial charge in [0.2, 0.25) is 0 Å². The molecule has 0 fully saturated rings. The first-order valence-electron chi connectivity index (χ1n) is 5.10. The SMILES string of the molecule is CC(C(=O)O)n1cnc(-c2ccc(F)cc2)c1. The third-order valence-electron chi connectivity index (χ3n) is 2.55. The van der Waals surface area contributed by atoms with Gasteiger partial charge in [0.1, 0.15) is 11.9 Å². The second-order valence-electron chi connectivity index (χ2n) is 3.73. The molecule has 0 aliphatic heterocycles. The van der Waals surface area contributed by atoms with Crippen LogP contribution < -0.4 is 0 Å². The topological polar surface area (TPSA) is 55.1 Å². The van der Waals surface area contributed by atoms with Gasteiger partial charge in [0.25, 0.3) is 0 Å². The standard InChI is InChI=1S/C12H11FN2O2/c1-8(12(16)17)15-6-11(14-7-15)9-2-4-10(13)5-3-9/h2-8H,1H3,(H,16,17). The van der Waals surface area contributed by atoms with Gasteiger partial charge in [-0.2, -0.15) is 0 Å². The fourth-order valence-corrected chi connectivity index (χ4v) is 1.45. The Kier molecular flexibility index (Phi) is 2.91. The van der Waals surface area contributed by atoms with Crippen molar-refractivity contribution in [3.8, 4) is 11.3 Å². The fraction of sp³-hybridized carbons (Fsp3) is 0.167. The van der Waals surface area contributed by atoms with Gasteiger partial charge in [-0.1, -0.05) is 0 Å². The van der Waals surface area contributed by atoms with Gasteiger partial charge < -0.3 is 9.67 Å². The van der Waals surface area contributed by atoms with Crippen LogP contribution in [0.4, 0.5) is 4.39 Å². The number of aliphatic carboxylic acids is 1. The Hall–Kier alpha value is -2.17. The van der Waals surface area contributed by atoms with E-state index < -0.39 is 12.0 Å². The lowest BCUT2D eigenvalue weighted by atomic mass is 10.2. The van der Waals surface area contributed by atoms with E-state index in [1.165, 1.54) is 23.0 Å². The number of rotatable bonds is 3. The summed E-state index contributed by atoms with van der Waals surface area (Å²) in [5, 5.41) is 8.85. The molecular formula is C12H11FN2O2. The number of hydrogen-bond donors (Lipinski definition) is 1. The highest BCUT2D eigenvalue weighted by Gasteiger charge is 2.13. The number of hydrogen-bond acceptors (Lipinski definition) is 2.